The Hall–Kier alpha value is -1.76. The zero-order valence-corrected chi connectivity index (χ0v) is 10.2. The summed E-state index contributed by atoms with van der Waals surface area (Å²) in [5, 5.41) is 0. The van der Waals surface area contributed by atoms with E-state index >= 15 is 0 Å². The lowest BCUT2D eigenvalue weighted by Crippen LogP contribution is -1.99. The van der Waals surface area contributed by atoms with Crippen molar-refractivity contribution in [2.45, 2.75) is 6.32 Å². The van der Waals surface area contributed by atoms with Gasteiger partial charge >= 0.3 is 0 Å². The SMILES string of the molecule is BCC(=O)c1ccc(-c2ccc(B)cc2)cc1. The number of rotatable bonds is 3. The third kappa shape index (κ3) is 2.68. The number of ketones is 1. The number of carbonyl (C=O) groups excluding carboxylic acids is 1. The molecule has 0 aromatic heterocycles. The normalized spacial score (nSPS) is 10.1. The Morgan fingerprint density at radius 1 is 0.882 bits per heavy atom. The molecule has 2 rings (SSSR count). The van der Waals surface area contributed by atoms with Crippen LogP contribution in [0.5, 0.6) is 0 Å². The minimum Gasteiger partial charge on any atom is -0.295 e. The lowest BCUT2D eigenvalue weighted by molar-refractivity contribution is 0.101. The lowest BCUT2D eigenvalue weighted by Gasteiger charge is -2.04. The Bertz CT molecular complexity index is 515. The summed E-state index contributed by atoms with van der Waals surface area (Å²) in [6.07, 6.45) is 0.559. The van der Waals surface area contributed by atoms with Crippen LogP contribution in [0.4, 0.5) is 0 Å². The first kappa shape index (κ1) is 11.7. The van der Waals surface area contributed by atoms with Gasteiger partial charge in [-0.15, -0.1) is 0 Å². The van der Waals surface area contributed by atoms with Crippen LogP contribution in [-0.2, 0) is 0 Å². The molecule has 1 nitrogen and oxygen atoms in total. The molecule has 0 saturated carbocycles. The van der Waals surface area contributed by atoms with Crippen molar-refractivity contribution in [2.24, 2.45) is 0 Å². The number of carbonyl (C=O) groups is 1. The summed E-state index contributed by atoms with van der Waals surface area (Å²) in [7, 11) is 3.96. The highest BCUT2D eigenvalue weighted by molar-refractivity contribution is 6.32. The fraction of sp³-hybridized carbons (Fsp3) is 0.0714. The van der Waals surface area contributed by atoms with Gasteiger partial charge in [-0.05, 0) is 17.4 Å². The molecule has 0 aliphatic rings. The Kier molecular flexibility index (Phi) is 3.48. The minimum atomic E-state index is 0.195. The van der Waals surface area contributed by atoms with Gasteiger partial charge in [0.25, 0.3) is 0 Å². The van der Waals surface area contributed by atoms with Crippen LogP contribution in [0.2, 0.25) is 6.32 Å². The molecule has 0 saturated heterocycles. The molecule has 0 fully saturated rings. The van der Waals surface area contributed by atoms with Crippen molar-refractivity contribution < 1.29 is 4.79 Å². The zero-order valence-electron chi connectivity index (χ0n) is 10.2. The van der Waals surface area contributed by atoms with E-state index in [2.05, 4.69) is 32.1 Å². The zero-order chi connectivity index (χ0) is 12.3. The van der Waals surface area contributed by atoms with Gasteiger partial charge < -0.3 is 0 Å². The largest absolute Gasteiger partial charge is 0.295 e. The topological polar surface area (TPSA) is 17.1 Å². The second kappa shape index (κ2) is 5.05. The molecular formula is C14H14B2O. The Morgan fingerprint density at radius 3 is 1.82 bits per heavy atom. The molecule has 0 atom stereocenters. The van der Waals surface area contributed by atoms with Crippen LogP contribution in [-0.4, -0.2) is 21.5 Å². The van der Waals surface area contributed by atoms with E-state index in [4.69, 9.17) is 0 Å². The van der Waals surface area contributed by atoms with Crippen LogP contribution < -0.4 is 5.46 Å². The maximum Gasteiger partial charge on any atom is 0.155 e. The van der Waals surface area contributed by atoms with Crippen molar-refractivity contribution in [3.8, 4) is 11.1 Å². The maximum atomic E-state index is 11.5. The van der Waals surface area contributed by atoms with E-state index in [0.29, 0.717) is 6.32 Å². The van der Waals surface area contributed by atoms with Crippen LogP contribution in [0.15, 0.2) is 48.5 Å². The summed E-state index contributed by atoms with van der Waals surface area (Å²) >= 11 is 0. The third-order valence-electron chi connectivity index (χ3n) is 2.91. The Labute approximate surface area is 104 Å². The molecular weight excluding hydrogens is 206 g/mol. The van der Waals surface area contributed by atoms with E-state index in [0.717, 1.165) is 11.1 Å². The molecule has 0 amide bonds. The molecule has 17 heavy (non-hydrogen) atoms. The van der Waals surface area contributed by atoms with Gasteiger partial charge in [-0.3, -0.25) is 4.79 Å². The molecule has 0 heterocycles. The molecule has 0 bridgehead atoms. The summed E-state index contributed by atoms with van der Waals surface area (Å²) in [4.78, 5) is 11.5. The molecule has 0 N–H and O–H groups in total. The predicted octanol–water partition coefficient (Wildman–Crippen LogP) is 0.846. The predicted molar refractivity (Wildman–Crippen MR) is 77.7 cm³/mol. The van der Waals surface area contributed by atoms with Crippen LogP contribution in [0.25, 0.3) is 11.1 Å². The Balaban J connectivity index is 2.29. The molecule has 0 spiro atoms. The van der Waals surface area contributed by atoms with Crippen molar-refractivity contribution in [2.75, 3.05) is 0 Å². The van der Waals surface area contributed by atoms with Crippen molar-refractivity contribution in [1.82, 2.24) is 0 Å². The highest BCUT2D eigenvalue weighted by Crippen LogP contribution is 2.19. The molecule has 0 aliphatic heterocycles. The van der Waals surface area contributed by atoms with Crippen LogP contribution in [0, 0.1) is 0 Å². The van der Waals surface area contributed by atoms with Gasteiger partial charge in [-0.25, -0.2) is 0 Å². The second-order valence-electron chi connectivity index (χ2n) is 4.22. The van der Waals surface area contributed by atoms with E-state index in [1.165, 1.54) is 11.0 Å². The lowest BCUT2D eigenvalue weighted by atomic mass is 9.92. The molecule has 0 aliphatic carbocycles. The van der Waals surface area contributed by atoms with Crippen LogP contribution in [0.1, 0.15) is 10.4 Å². The highest BCUT2D eigenvalue weighted by atomic mass is 16.1. The number of hydrogen-bond acceptors (Lipinski definition) is 1. The summed E-state index contributed by atoms with van der Waals surface area (Å²) in [5.41, 5.74) is 4.39. The number of Topliss-reactive ketones (excluding diaryl/α,β-unsaturated/α-hetero) is 1. The van der Waals surface area contributed by atoms with Crippen molar-refractivity contribution in [3.63, 3.8) is 0 Å². The third-order valence-corrected chi connectivity index (χ3v) is 2.91. The van der Waals surface area contributed by atoms with E-state index in [9.17, 15) is 4.79 Å². The molecule has 2 aromatic carbocycles. The van der Waals surface area contributed by atoms with Gasteiger partial charge in [0.1, 0.15) is 15.7 Å². The van der Waals surface area contributed by atoms with Gasteiger partial charge in [0.2, 0.25) is 0 Å². The summed E-state index contributed by atoms with van der Waals surface area (Å²) in [5.74, 6) is 0.195. The van der Waals surface area contributed by atoms with Crippen molar-refractivity contribution in [3.05, 3.63) is 54.1 Å². The smallest absolute Gasteiger partial charge is 0.155 e. The first-order valence-corrected chi connectivity index (χ1v) is 5.91. The number of hydrogen-bond donors (Lipinski definition) is 0. The fourth-order valence-corrected chi connectivity index (χ4v) is 1.80. The van der Waals surface area contributed by atoms with Gasteiger partial charge in [0, 0.05) is 5.56 Å². The van der Waals surface area contributed by atoms with Gasteiger partial charge in [0.05, 0.1) is 0 Å². The van der Waals surface area contributed by atoms with Crippen LogP contribution in [0.3, 0.4) is 0 Å². The summed E-state index contributed by atoms with van der Waals surface area (Å²) in [6.45, 7) is 0. The van der Waals surface area contributed by atoms with Crippen LogP contribution >= 0.6 is 0 Å². The van der Waals surface area contributed by atoms with E-state index in [1.807, 2.05) is 32.1 Å². The first-order chi connectivity index (χ1) is 8.20. The molecule has 3 heteroatoms. The quantitative estimate of drug-likeness (QED) is 0.553. The average Bonchev–Trinajstić information content (AvgIpc) is 2.39. The van der Waals surface area contributed by atoms with Gasteiger partial charge in [-0.2, -0.15) is 0 Å². The average molecular weight is 220 g/mol. The van der Waals surface area contributed by atoms with E-state index in [1.54, 1.807) is 0 Å². The van der Waals surface area contributed by atoms with Gasteiger partial charge in [-0.1, -0.05) is 54.0 Å². The summed E-state index contributed by atoms with van der Waals surface area (Å²) in [6, 6.07) is 16.2. The molecule has 2 aromatic rings. The monoisotopic (exact) mass is 220 g/mol. The van der Waals surface area contributed by atoms with Crippen molar-refractivity contribution >= 4 is 26.9 Å². The minimum absolute atomic E-state index is 0.195. The standard InChI is InChI=1S/C14H14B2O/c15-9-14(17)12-3-1-10(2-4-12)11-5-7-13(16)8-6-11/h1-8H,9,15-16H2. The second-order valence-corrected chi connectivity index (χ2v) is 4.22. The van der Waals surface area contributed by atoms with Crippen molar-refractivity contribution in [1.29, 1.82) is 0 Å². The molecule has 82 valence electrons. The maximum absolute atomic E-state index is 11.5. The number of benzene rings is 2. The first-order valence-electron chi connectivity index (χ1n) is 5.91. The molecule has 0 unspecified atom stereocenters. The van der Waals surface area contributed by atoms with E-state index in [-0.39, 0.29) is 5.78 Å². The van der Waals surface area contributed by atoms with E-state index < -0.39 is 0 Å². The fourth-order valence-electron chi connectivity index (χ4n) is 1.80. The summed E-state index contributed by atoms with van der Waals surface area (Å²) < 4.78 is 0. The Morgan fingerprint density at radius 2 is 1.35 bits per heavy atom. The molecule has 0 radical (unpaired) electrons. The highest BCUT2D eigenvalue weighted by Gasteiger charge is 2.03. The van der Waals surface area contributed by atoms with Gasteiger partial charge in [0.15, 0.2) is 5.78 Å².